The van der Waals surface area contributed by atoms with Crippen molar-refractivity contribution in [2.75, 3.05) is 58.4 Å². The van der Waals surface area contributed by atoms with E-state index in [1.165, 1.54) is 17.1 Å². The van der Waals surface area contributed by atoms with Gasteiger partial charge in [-0.25, -0.2) is 14.6 Å². The van der Waals surface area contributed by atoms with E-state index in [1.54, 1.807) is 20.1 Å². The topological polar surface area (TPSA) is 115 Å². The maximum absolute atomic E-state index is 12.7. The molecule has 11 heteroatoms. The second-order valence-electron chi connectivity index (χ2n) is 8.55. The number of ether oxygens (including phenoxy) is 2. The molecule has 1 amide bonds. The Hall–Kier alpha value is -3.99. The molecule has 0 spiro atoms. The number of carbonyl (C=O) groups is 1. The summed E-state index contributed by atoms with van der Waals surface area (Å²) >= 11 is 0. The van der Waals surface area contributed by atoms with Gasteiger partial charge in [0.2, 0.25) is 11.8 Å². The van der Waals surface area contributed by atoms with Gasteiger partial charge in [0.25, 0.3) is 5.56 Å². The normalized spacial score (nSPS) is 14.8. The second-order valence-corrected chi connectivity index (χ2v) is 8.55. The number of hydrogen-bond acceptors (Lipinski definition) is 9. The molecule has 36 heavy (non-hydrogen) atoms. The summed E-state index contributed by atoms with van der Waals surface area (Å²) in [6, 6.07) is 11.4. The number of amides is 1. The van der Waals surface area contributed by atoms with E-state index in [0.29, 0.717) is 11.6 Å². The van der Waals surface area contributed by atoms with Crippen molar-refractivity contribution in [3.63, 3.8) is 0 Å². The molecule has 1 aromatic carbocycles. The van der Waals surface area contributed by atoms with Crippen LogP contribution in [0.4, 0.5) is 5.82 Å². The Morgan fingerprint density at radius 3 is 2.56 bits per heavy atom. The molecule has 1 aliphatic rings. The quantitative estimate of drug-likeness (QED) is 0.439. The highest BCUT2D eigenvalue weighted by molar-refractivity contribution is 5.79. The molecule has 1 atom stereocenters. The Balaban J connectivity index is 1.31. The van der Waals surface area contributed by atoms with Gasteiger partial charge in [-0.05, 0) is 44.3 Å². The van der Waals surface area contributed by atoms with E-state index >= 15 is 0 Å². The van der Waals surface area contributed by atoms with Gasteiger partial charge in [-0.2, -0.15) is 5.10 Å². The Kier molecular flexibility index (Phi) is 8.11. The van der Waals surface area contributed by atoms with Crippen LogP contribution in [-0.4, -0.2) is 84.0 Å². The minimum Gasteiger partial charge on any atom is -0.497 e. The molecule has 1 fully saturated rings. The zero-order chi connectivity index (χ0) is 25.5. The zero-order valence-electron chi connectivity index (χ0n) is 20.8. The van der Waals surface area contributed by atoms with Crippen LogP contribution in [0.25, 0.3) is 11.3 Å². The number of anilines is 1. The molecule has 0 bridgehead atoms. The van der Waals surface area contributed by atoms with Crippen LogP contribution in [0.15, 0.2) is 53.6 Å². The Bertz CT molecular complexity index is 1220. The molecule has 0 aliphatic carbocycles. The third kappa shape index (κ3) is 6.16. The molecule has 4 rings (SSSR count). The predicted molar refractivity (Wildman–Crippen MR) is 135 cm³/mol. The number of carbonyl (C=O) groups excluding carboxylic acids is 1. The molecule has 1 unspecified atom stereocenters. The van der Waals surface area contributed by atoms with E-state index in [4.69, 9.17) is 9.47 Å². The second kappa shape index (κ2) is 11.6. The van der Waals surface area contributed by atoms with Crippen molar-refractivity contribution in [1.29, 1.82) is 0 Å². The maximum Gasteiger partial charge on any atom is 0.267 e. The predicted octanol–water partition coefficient (Wildman–Crippen LogP) is 1.22. The lowest BCUT2D eigenvalue weighted by Gasteiger charge is -2.33. The first-order valence-electron chi connectivity index (χ1n) is 11.8. The highest BCUT2D eigenvalue weighted by atomic mass is 16.5. The smallest absolute Gasteiger partial charge is 0.267 e. The van der Waals surface area contributed by atoms with Gasteiger partial charge in [-0.15, -0.1) is 0 Å². The lowest BCUT2D eigenvalue weighted by molar-refractivity contribution is -0.124. The van der Waals surface area contributed by atoms with E-state index in [-0.39, 0.29) is 24.6 Å². The van der Waals surface area contributed by atoms with Crippen LogP contribution in [0.3, 0.4) is 0 Å². The minimum absolute atomic E-state index is 0.228. The molecule has 0 radical (unpaired) electrons. The fraction of sp³-hybridized carbons (Fsp3) is 0.400. The van der Waals surface area contributed by atoms with Gasteiger partial charge in [0.1, 0.15) is 30.5 Å². The van der Waals surface area contributed by atoms with Gasteiger partial charge in [0.05, 0.1) is 19.3 Å². The zero-order valence-corrected chi connectivity index (χ0v) is 20.8. The summed E-state index contributed by atoms with van der Waals surface area (Å²) in [7, 11) is 3.70. The van der Waals surface area contributed by atoms with Crippen LogP contribution in [0, 0.1) is 0 Å². The number of methoxy groups -OCH3 is 1. The summed E-state index contributed by atoms with van der Waals surface area (Å²) in [5, 5.41) is 7.20. The first-order chi connectivity index (χ1) is 17.4. The van der Waals surface area contributed by atoms with E-state index in [2.05, 4.69) is 37.2 Å². The fourth-order valence-corrected chi connectivity index (χ4v) is 3.82. The molecule has 0 saturated carbocycles. The molecule has 11 nitrogen and oxygen atoms in total. The van der Waals surface area contributed by atoms with E-state index in [1.807, 2.05) is 30.3 Å². The van der Waals surface area contributed by atoms with Gasteiger partial charge < -0.3 is 24.6 Å². The van der Waals surface area contributed by atoms with Crippen LogP contribution >= 0.6 is 0 Å². The highest BCUT2D eigenvalue weighted by Gasteiger charge is 2.18. The van der Waals surface area contributed by atoms with Crippen molar-refractivity contribution in [1.82, 2.24) is 30.0 Å². The number of benzene rings is 1. The SMILES string of the molecule is COc1ccc(-c2ccc(=O)n(C(C)C(=O)NCCOc3cc(N4CCN(C)CC4)ncn3)n2)cc1. The lowest BCUT2D eigenvalue weighted by atomic mass is 10.1. The number of nitrogens with one attached hydrogen (secondary N) is 1. The van der Waals surface area contributed by atoms with Gasteiger partial charge in [0, 0.05) is 43.9 Å². The van der Waals surface area contributed by atoms with Crippen molar-refractivity contribution in [2.24, 2.45) is 0 Å². The summed E-state index contributed by atoms with van der Waals surface area (Å²) in [4.78, 5) is 38.1. The standard InChI is InChI=1S/C25H31N7O4/c1-18(32-24(33)9-8-21(29-32)19-4-6-20(35-3)7-5-19)25(34)26-10-15-36-23-16-22(27-17-28-23)31-13-11-30(2)12-14-31/h4-9,16-18H,10-15H2,1-3H3,(H,26,34). The van der Waals surface area contributed by atoms with E-state index < -0.39 is 6.04 Å². The number of likely N-dealkylation sites (N-methyl/N-ethyl adjacent to an activating group) is 1. The molecule has 190 valence electrons. The lowest BCUT2D eigenvalue weighted by Crippen LogP contribution is -2.44. The first kappa shape index (κ1) is 25.1. The molecule has 3 heterocycles. The summed E-state index contributed by atoms with van der Waals surface area (Å²) in [6.07, 6.45) is 1.48. The van der Waals surface area contributed by atoms with Crippen molar-refractivity contribution in [2.45, 2.75) is 13.0 Å². The Labute approximate surface area is 209 Å². The number of rotatable bonds is 9. The van der Waals surface area contributed by atoms with Crippen LogP contribution in [0.2, 0.25) is 0 Å². The van der Waals surface area contributed by atoms with E-state index in [9.17, 15) is 9.59 Å². The molecule has 3 aromatic rings. The highest BCUT2D eigenvalue weighted by Crippen LogP contribution is 2.20. The van der Waals surface area contributed by atoms with Gasteiger partial charge in [0.15, 0.2) is 0 Å². The molecule has 1 N–H and O–H groups in total. The number of nitrogens with zero attached hydrogens (tertiary/aromatic N) is 6. The number of aromatic nitrogens is 4. The number of piperazine rings is 1. The molecule has 2 aromatic heterocycles. The van der Waals surface area contributed by atoms with E-state index in [0.717, 1.165) is 43.3 Å². The number of hydrogen-bond donors (Lipinski definition) is 1. The molecular formula is C25H31N7O4. The summed E-state index contributed by atoms with van der Waals surface area (Å²) in [5.41, 5.74) is 1.04. The van der Waals surface area contributed by atoms with Gasteiger partial charge in [-0.3, -0.25) is 9.59 Å². The monoisotopic (exact) mass is 493 g/mol. The largest absolute Gasteiger partial charge is 0.497 e. The van der Waals surface area contributed by atoms with Crippen LogP contribution in [0.5, 0.6) is 11.6 Å². The van der Waals surface area contributed by atoms with Crippen molar-refractivity contribution >= 4 is 11.7 Å². The van der Waals surface area contributed by atoms with Crippen molar-refractivity contribution < 1.29 is 14.3 Å². The summed E-state index contributed by atoms with van der Waals surface area (Å²) in [6.45, 7) is 5.86. The van der Waals surface area contributed by atoms with Gasteiger partial charge >= 0.3 is 0 Å². The molecule has 1 aliphatic heterocycles. The molecule has 1 saturated heterocycles. The van der Waals surface area contributed by atoms with Crippen molar-refractivity contribution in [3.05, 3.63) is 59.1 Å². The first-order valence-corrected chi connectivity index (χ1v) is 11.8. The Morgan fingerprint density at radius 2 is 1.83 bits per heavy atom. The summed E-state index contributed by atoms with van der Waals surface area (Å²) < 4.78 is 12.1. The average molecular weight is 494 g/mol. The van der Waals surface area contributed by atoms with Crippen LogP contribution < -0.4 is 25.2 Å². The maximum atomic E-state index is 12.7. The minimum atomic E-state index is -0.793. The summed E-state index contributed by atoms with van der Waals surface area (Å²) in [5.74, 6) is 1.67. The third-order valence-corrected chi connectivity index (χ3v) is 6.06. The Morgan fingerprint density at radius 1 is 1.08 bits per heavy atom. The molecular weight excluding hydrogens is 462 g/mol. The van der Waals surface area contributed by atoms with Crippen molar-refractivity contribution in [3.8, 4) is 22.9 Å². The fourth-order valence-electron chi connectivity index (χ4n) is 3.82. The van der Waals surface area contributed by atoms with Crippen LogP contribution in [0.1, 0.15) is 13.0 Å². The third-order valence-electron chi connectivity index (χ3n) is 6.06. The van der Waals surface area contributed by atoms with Crippen LogP contribution in [-0.2, 0) is 4.79 Å². The van der Waals surface area contributed by atoms with Gasteiger partial charge in [-0.1, -0.05) is 0 Å². The average Bonchev–Trinajstić information content (AvgIpc) is 2.91.